The summed E-state index contributed by atoms with van der Waals surface area (Å²) in [5, 5.41) is 0. The molecule has 68 valence electrons. The number of allylic oxidation sites excluding steroid dienone is 1. The Bertz CT molecular complexity index is 189. The SMILES string of the molecule is C/C=C/C(CC)N1CCOC1=O. The van der Waals surface area contributed by atoms with E-state index in [1.54, 1.807) is 4.90 Å². The van der Waals surface area contributed by atoms with Gasteiger partial charge >= 0.3 is 6.09 Å². The number of carbonyl (C=O) groups is 1. The molecule has 0 aromatic rings. The molecule has 1 aliphatic rings. The largest absolute Gasteiger partial charge is 0.448 e. The molecule has 1 atom stereocenters. The molecule has 1 fully saturated rings. The van der Waals surface area contributed by atoms with Crippen LogP contribution >= 0.6 is 0 Å². The van der Waals surface area contributed by atoms with Crippen molar-refractivity contribution >= 4 is 6.09 Å². The van der Waals surface area contributed by atoms with Crippen LogP contribution in [0.4, 0.5) is 4.79 Å². The molecule has 0 aromatic heterocycles. The van der Waals surface area contributed by atoms with Crippen molar-refractivity contribution in [2.75, 3.05) is 13.2 Å². The maximum absolute atomic E-state index is 11.1. The van der Waals surface area contributed by atoms with Gasteiger partial charge in [-0.2, -0.15) is 0 Å². The number of ether oxygens (including phenoxy) is 1. The number of nitrogens with zero attached hydrogens (tertiary/aromatic N) is 1. The number of hydrogen-bond donors (Lipinski definition) is 0. The van der Waals surface area contributed by atoms with E-state index >= 15 is 0 Å². The molecule has 1 unspecified atom stereocenters. The van der Waals surface area contributed by atoms with Gasteiger partial charge in [0.05, 0.1) is 12.6 Å². The van der Waals surface area contributed by atoms with Gasteiger partial charge in [-0.3, -0.25) is 4.90 Å². The highest BCUT2D eigenvalue weighted by Gasteiger charge is 2.26. The lowest BCUT2D eigenvalue weighted by Crippen LogP contribution is -2.33. The fourth-order valence-corrected chi connectivity index (χ4v) is 1.39. The summed E-state index contributed by atoms with van der Waals surface area (Å²) in [6.07, 6.45) is 4.77. The number of hydrogen-bond acceptors (Lipinski definition) is 2. The summed E-state index contributed by atoms with van der Waals surface area (Å²) in [4.78, 5) is 12.9. The van der Waals surface area contributed by atoms with Crippen LogP contribution in [-0.4, -0.2) is 30.2 Å². The number of cyclic esters (lactones) is 1. The van der Waals surface area contributed by atoms with Crippen molar-refractivity contribution in [2.45, 2.75) is 26.3 Å². The average Bonchev–Trinajstić information content (AvgIpc) is 2.47. The average molecular weight is 169 g/mol. The molecule has 0 saturated carbocycles. The van der Waals surface area contributed by atoms with Gasteiger partial charge in [-0.05, 0) is 13.3 Å². The van der Waals surface area contributed by atoms with E-state index < -0.39 is 0 Å². The lowest BCUT2D eigenvalue weighted by Gasteiger charge is -2.20. The number of amides is 1. The third kappa shape index (κ3) is 1.78. The maximum atomic E-state index is 11.1. The van der Waals surface area contributed by atoms with Crippen molar-refractivity contribution in [3.63, 3.8) is 0 Å². The van der Waals surface area contributed by atoms with Crippen molar-refractivity contribution < 1.29 is 9.53 Å². The molecule has 3 nitrogen and oxygen atoms in total. The highest BCUT2D eigenvalue weighted by atomic mass is 16.6. The van der Waals surface area contributed by atoms with Gasteiger partial charge in [0, 0.05) is 0 Å². The molecular formula is C9H15NO2. The van der Waals surface area contributed by atoms with E-state index in [0.29, 0.717) is 6.61 Å². The number of carbonyl (C=O) groups excluding carboxylic acids is 1. The van der Waals surface area contributed by atoms with Crippen molar-refractivity contribution in [3.05, 3.63) is 12.2 Å². The molecule has 1 saturated heterocycles. The Kier molecular flexibility index (Phi) is 3.14. The monoisotopic (exact) mass is 169 g/mol. The summed E-state index contributed by atoms with van der Waals surface area (Å²) in [5.74, 6) is 0. The van der Waals surface area contributed by atoms with Crippen molar-refractivity contribution in [1.29, 1.82) is 0 Å². The molecule has 1 aliphatic heterocycles. The van der Waals surface area contributed by atoms with E-state index in [-0.39, 0.29) is 12.1 Å². The van der Waals surface area contributed by atoms with Crippen molar-refractivity contribution in [1.82, 2.24) is 4.90 Å². The molecule has 0 aliphatic carbocycles. The molecule has 0 spiro atoms. The Hall–Kier alpha value is -0.990. The highest BCUT2D eigenvalue weighted by molar-refractivity contribution is 5.70. The van der Waals surface area contributed by atoms with E-state index in [4.69, 9.17) is 4.74 Å². The van der Waals surface area contributed by atoms with E-state index in [1.807, 2.05) is 19.1 Å². The Morgan fingerprint density at radius 3 is 2.92 bits per heavy atom. The second-order valence-corrected chi connectivity index (χ2v) is 2.81. The summed E-state index contributed by atoms with van der Waals surface area (Å²) in [7, 11) is 0. The first-order valence-electron chi connectivity index (χ1n) is 4.35. The van der Waals surface area contributed by atoms with Crippen LogP contribution in [0.25, 0.3) is 0 Å². The van der Waals surface area contributed by atoms with Gasteiger partial charge in [0.2, 0.25) is 0 Å². The fourth-order valence-electron chi connectivity index (χ4n) is 1.39. The Labute approximate surface area is 73.0 Å². The van der Waals surface area contributed by atoms with Crippen molar-refractivity contribution in [2.24, 2.45) is 0 Å². The maximum Gasteiger partial charge on any atom is 0.410 e. The van der Waals surface area contributed by atoms with Crippen LogP contribution in [0.5, 0.6) is 0 Å². The molecule has 0 aromatic carbocycles. The van der Waals surface area contributed by atoms with Gasteiger partial charge in [0.1, 0.15) is 6.61 Å². The lowest BCUT2D eigenvalue weighted by atomic mass is 10.2. The molecule has 0 radical (unpaired) electrons. The second kappa shape index (κ2) is 4.14. The highest BCUT2D eigenvalue weighted by Crippen LogP contribution is 2.12. The second-order valence-electron chi connectivity index (χ2n) is 2.81. The topological polar surface area (TPSA) is 29.5 Å². The van der Waals surface area contributed by atoms with Gasteiger partial charge < -0.3 is 4.74 Å². The van der Waals surface area contributed by atoms with E-state index in [0.717, 1.165) is 13.0 Å². The molecular weight excluding hydrogens is 154 g/mol. The Morgan fingerprint density at radius 1 is 1.75 bits per heavy atom. The van der Waals surface area contributed by atoms with Crippen LogP contribution in [-0.2, 0) is 4.74 Å². The van der Waals surface area contributed by atoms with Crippen LogP contribution in [0.15, 0.2) is 12.2 Å². The van der Waals surface area contributed by atoms with Crippen LogP contribution in [0.3, 0.4) is 0 Å². The van der Waals surface area contributed by atoms with Gasteiger partial charge in [-0.25, -0.2) is 4.79 Å². The normalized spacial score (nSPS) is 20.2. The first-order chi connectivity index (χ1) is 5.79. The summed E-state index contributed by atoms with van der Waals surface area (Å²) >= 11 is 0. The van der Waals surface area contributed by atoms with Crippen LogP contribution in [0, 0.1) is 0 Å². The zero-order valence-corrected chi connectivity index (χ0v) is 7.62. The van der Waals surface area contributed by atoms with Crippen LogP contribution < -0.4 is 0 Å². The summed E-state index contributed by atoms with van der Waals surface area (Å²) in [6.45, 7) is 5.29. The standard InChI is InChI=1S/C9H15NO2/c1-3-5-8(4-2)10-6-7-12-9(10)11/h3,5,8H,4,6-7H2,1-2H3/b5-3+. The Balaban J connectivity index is 2.58. The van der Waals surface area contributed by atoms with E-state index in [1.165, 1.54) is 0 Å². The summed E-state index contributed by atoms with van der Waals surface area (Å²) < 4.78 is 4.85. The third-order valence-corrected chi connectivity index (χ3v) is 2.03. The van der Waals surface area contributed by atoms with Gasteiger partial charge in [0.15, 0.2) is 0 Å². The first kappa shape index (κ1) is 9.10. The zero-order valence-electron chi connectivity index (χ0n) is 7.62. The van der Waals surface area contributed by atoms with Crippen LogP contribution in [0.2, 0.25) is 0 Å². The number of rotatable bonds is 3. The minimum absolute atomic E-state index is 0.181. The molecule has 0 bridgehead atoms. The van der Waals surface area contributed by atoms with Gasteiger partial charge in [-0.1, -0.05) is 19.1 Å². The quantitative estimate of drug-likeness (QED) is 0.603. The van der Waals surface area contributed by atoms with Gasteiger partial charge in [0.25, 0.3) is 0 Å². The molecule has 1 heterocycles. The zero-order chi connectivity index (χ0) is 8.97. The molecule has 12 heavy (non-hydrogen) atoms. The van der Waals surface area contributed by atoms with Crippen molar-refractivity contribution in [3.8, 4) is 0 Å². The summed E-state index contributed by atoms with van der Waals surface area (Å²) in [6, 6.07) is 0.213. The van der Waals surface area contributed by atoms with E-state index in [2.05, 4.69) is 6.92 Å². The Morgan fingerprint density at radius 2 is 2.50 bits per heavy atom. The molecule has 1 rings (SSSR count). The fraction of sp³-hybridized carbons (Fsp3) is 0.667. The van der Waals surface area contributed by atoms with Gasteiger partial charge in [-0.15, -0.1) is 0 Å². The summed E-state index contributed by atoms with van der Waals surface area (Å²) in [5.41, 5.74) is 0. The predicted octanol–water partition coefficient (Wildman–Crippen LogP) is 1.79. The first-order valence-corrected chi connectivity index (χ1v) is 4.35. The third-order valence-electron chi connectivity index (χ3n) is 2.03. The molecule has 1 amide bonds. The minimum atomic E-state index is -0.181. The van der Waals surface area contributed by atoms with Crippen LogP contribution in [0.1, 0.15) is 20.3 Å². The smallest absolute Gasteiger partial charge is 0.410 e. The van der Waals surface area contributed by atoms with E-state index in [9.17, 15) is 4.79 Å². The molecule has 0 N–H and O–H groups in total. The predicted molar refractivity (Wildman–Crippen MR) is 46.9 cm³/mol. The molecule has 3 heteroatoms. The minimum Gasteiger partial charge on any atom is -0.448 e. The lowest BCUT2D eigenvalue weighted by molar-refractivity contribution is 0.152.